The zero-order valence-electron chi connectivity index (χ0n) is 16.3. The second kappa shape index (κ2) is 6.43. The zero-order chi connectivity index (χ0) is 20.2. The van der Waals surface area contributed by atoms with Gasteiger partial charge >= 0.3 is 12.0 Å². The van der Waals surface area contributed by atoms with Crippen LogP contribution in [0.1, 0.15) is 12.5 Å². The fourth-order valence-corrected chi connectivity index (χ4v) is 3.87. The zero-order valence-corrected chi connectivity index (χ0v) is 16.3. The van der Waals surface area contributed by atoms with Gasteiger partial charge in [0.1, 0.15) is 18.0 Å². The average molecular weight is 384 g/mol. The van der Waals surface area contributed by atoms with Crippen LogP contribution in [0, 0.1) is 6.92 Å². The van der Waals surface area contributed by atoms with Gasteiger partial charge in [0.05, 0.1) is 20.2 Å². The number of ether oxygens (including phenoxy) is 1. The second-order valence-electron chi connectivity index (χ2n) is 7.16. The van der Waals surface area contributed by atoms with Crippen LogP contribution in [0.5, 0.6) is 5.75 Å². The van der Waals surface area contributed by atoms with Crippen LogP contribution < -0.4 is 9.64 Å². The van der Waals surface area contributed by atoms with Crippen LogP contribution in [0.2, 0.25) is 0 Å². The highest BCUT2D eigenvalue weighted by Gasteiger charge is 2.55. The van der Waals surface area contributed by atoms with E-state index in [9.17, 15) is 14.4 Å². The third kappa shape index (κ3) is 2.57. The van der Waals surface area contributed by atoms with Gasteiger partial charge in [0.15, 0.2) is 5.75 Å². The molecule has 1 atom stereocenters. The molecule has 0 radical (unpaired) electrons. The van der Waals surface area contributed by atoms with Crippen LogP contribution in [0.4, 0.5) is 10.5 Å². The van der Waals surface area contributed by atoms with Gasteiger partial charge in [-0.15, -0.1) is 0 Å². The minimum atomic E-state index is -0.696. The van der Waals surface area contributed by atoms with Gasteiger partial charge in [-0.05, 0) is 31.5 Å². The van der Waals surface area contributed by atoms with Gasteiger partial charge in [-0.25, -0.2) is 14.3 Å². The summed E-state index contributed by atoms with van der Waals surface area (Å²) in [5.41, 5.74) is 1.94. The number of hydrogen-bond acceptors (Lipinski definition) is 6. The number of rotatable bonds is 4. The lowest BCUT2D eigenvalue weighted by atomic mass is 10.1. The number of nitrogens with zero attached hydrogens (tertiary/aromatic N) is 5. The summed E-state index contributed by atoms with van der Waals surface area (Å²) in [6.45, 7) is 4.34. The number of amides is 3. The van der Waals surface area contributed by atoms with Crippen molar-refractivity contribution >= 4 is 35.2 Å². The van der Waals surface area contributed by atoms with Crippen LogP contribution in [-0.2, 0) is 9.59 Å². The van der Waals surface area contributed by atoms with Crippen molar-refractivity contribution in [3.63, 3.8) is 0 Å². The molecule has 146 valence electrons. The number of fused-ring (bicyclic) bond motifs is 2. The van der Waals surface area contributed by atoms with Crippen molar-refractivity contribution in [3.05, 3.63) is 23.8 Å². The molecule has 3 heterocycles. The number of benzene rings is 1. The Morgan fingerprint density at radius 3 is 2.79 bits per heavy atom. The second-order valence-corrected chi connectivity index (χ2v) is 7.16. The van der Waals surface area contributed by atoms with Crippen molar-refractivity contribution in [1.29, 1.82) is 0 Å². The number of likely N-dealkylation sites (N-methyl/N-ethyl adjacent to an activating group) is 1. The number of imide groups is 1. The predicted octanol–water partition coefficient (Wildman–Crippen LogP) is 0.456. The standard InChI is InChI=1S/C19H22N5O4/c1-11-5-6-14(28-4)13(9-11)22-7-8-23-15-16(20-18(22)23)21(3)19(27)24(17(15)26)10-12(2)25/h5-6,9,15H,7-8,10H2,1-4H3/q+1. The van der Waals surface area contributed by atoms with Crippen LogP contribution in [0.15, 0.2) is 23.2 Å². The molecule has 0 saturated carbocycles. The molecule has 1 fully saturated rings. The molecule has 28 heavy (non-hydrogen) atoms. The third-order valence-corrected chi connectivity index (χ3v) is 5.20. The van der Waals surface area contributed by atoms with E-state index >= 15 is 0 Å². The van der Waals surface area contributed by atoms with E-state index in [-0.39, 0.29) is 12.3 Å². The minimum absolute atomic E-state index is 0.232. The molecule has 9 nitrogen and oxygen atoms in total. The van der Waals surface area contributed by atoms with Gasteiger partial charge < -0.3 is 4.74 Å². The molecule has 3 aliphatic rings. The number of methoxy groups -OCH3 is 1. The molecule has 3 aliphatic heterocycles. The number of urea groups is 1. The first-order valence-electron chi connectivity index (χ1n) is 9.06. The summed E-state index contributed by atoms with van der Waals surface area (Å²) in [6, 6.07) is 4.65. The van der Waals surface area contributed by atoms with E-state index in [1.54, 1.807) is 14.2 Å². The maximum Gasteiger partial charge on any atom is 0.397 e. The number of hydrogen-bond donors (Lipinski definition) is 0. The van der Waals surface area contributed by atoms with E-state index in [4.69, 9.17) is 4.74 Å². The first kappa shape index (κ1) is 18.1. The Morgan fingerprint density at radius 2 is 2.11 bits per heavy atom. The number of Topliss-reactive ketones (excluding diaryl/α,β-unsaturated/α-hetero) is 1. The Bertz CT molecular complexity index is 967. The van der Waals surface area contributed by atoms with E-state index in [1.807, 2.05) is 34.6 Å². The minimum Gasteiger partial charge on any atom is -0.493 e. The molecule has 0 spiro atoms. The van der Waals surface area contributed by atoms with Gasteiger partial charge in [0, 0.05) is 7.05 Å². The maximum absolute atomic E-state index is 13.0. The summed E-state index contributed by atoms with van der Waals surface area (Å²) in [4.78, 5) is 46.1. The summed E-state index contributed by atoms with van der Waals surface area (Å²) in [7, 11) is 3.19. The number of guanidine groups is 1. The highest BCUT2D eigenvalue weighted by atomic mass is 16.5. The first-order chi connectivity index (χ1) is 13.3. The Hall–Kier alpha value is -3.23. The van der Waals surface area contributed by atoms with Gasteiger partial charge in [-0.3, -0.25) is 19.4 Å². The van der Waals surface area contributed by atoms with Crippen molar-refractivity contribution in [3.8, 4) is 5.75 Å². The number of aliphatic imine (C=N–C) groups is 1. The largest absolute Gasteiger partial charge is 0.493 e. The number of amidine groups is 1. The first-order valence-corrected chi connectivity index (χ1v) is 9.06. The normalized spacial score (nSPS) is 21.2. The monoisotopic (exact) mass is 384 g/mol. The molecule has 0 bridgehead atoms. The van der Waals surface area contributed by atoms with E-state index in [0.29, 0.717) is 30.6 Å². The molecule has 0 aliphatic carbocycles. The number of anilines is 1. The molecular weight excluding hydrogens is 362 g/mol. The molecule has 3 amide bonds. The van der Waals surface area contributed by atoms with Crippen LogP contribution >= 0.6 is 0 Å². The van der Waals surface area contributed by atoms with Gasteiger partial charge in [-0.1, -0.05) is 11.1 Å². The summed E-state index contributed by atoms with van der Waals surface area (Å²) < 4.78 is 7.39. The van der Waals surface area contributed by atoms with Crippen molar-refractivity contribution in [2.24, 2.45) is 4.99 Å². The Kier molecular flexibility index (Phi) is 4.17. The molecule has 1 saturated heterocycles. The summed E-state index contributed by atoms with van der Waals surface area (Å²) in [6.07, 6.45) is 0. The quantitative estimate of drug-likeness (QED) is 0.704. The molecule has 9 heteroatoms. The van der Waals surface area contributed by atoms with Crippen molar-refractivity contribution < 1.29 is 23.7 Å². The van der Waals surface area contributed by atoms with E-state index in [2.05, 4.69) is 4.99 Å². The summed E-state index contributed by atoms with van der Waals surface area (Å²) >= 11 is 0. The lowest BCUT2D eigenvalue weighted by Crippen LogP contribution is -2.63. The number of carbonyl (C=O) groups is 3. The highest BCUT2D eigenvalue weighted by Crippen LogP contribution is 2.33. The Labute approximate surface area is 162 Å². The SMILES string of the molecule is COc1ccc(C)cc1N1CC[N+]2=C1N=C1C2C(=O)N(CC(C)=O)C(=O)N1C. The average Bonchev–Trinajstić information content (AvgIpc) is 3.22. The van der Waals surface area contributed by atoms with Gasteiger partial charge in [0.2, 0.25) is 11.9 Å². The summed E-state index contributed by atoms with van der Waals surface area (Å²) in [5.74, 6) is 1.06. The fourth-order valence-electron chi connectivity index (χ4n) is 3.87. The molecule has 1 aromatic rings. The van der Waals surface area contributed by atoms with E-state index in [0.717, 1.165) is 16.2 Å². The molecule has 1 aromatic carbocycles. The number of ketones is 1. The van der Waals surface area contributed by atoms with Crippen LogP contribution in [0.25, 0.3) is 0 Å². The van der Waals surface area contributed by atoms with Gasteiger partial charge in [0.25, 0.3) is 5.91 Å². The van der Waals surface area contributed by atoms with E-state index in [1.165, 1.54) is 11.8 Å². The lowest BCUT2D eigenvalue weighted by Gasteiger charge is -2.33. The smallest absolute Gasteiger partial charge is 0.397 e. The molecule has 0 N–H and O–H groups in total. The Morgan fingerprint density at radius 1 is 1.36 bits per heavy atom. The Balaban J connectivity index is 1.76. The maximum atomic E-state index is 13.0. The molecule has 0 aromatic heterocycles. The predicted molar refractivity (Wildman–Crippen MR) is 102 cm³/mol. The molecule has 1 unspecified atom stereocenters. The van der Waals surface area contributed by atoms with Crippen molar-refractivity contribution in [2.45, 2.75) is 19.9 Å². The molecule has 4 rings (SSSR count). The summed E-state index contributed by atoms with van der Waals surface area (Å²) in [5, 5.41) is 0. The number of aryl methyl sites for hydroxylation is 1. The highest BCUT2D eigenvalue weighted by molar-refractivity contribution is 6.24. The molecular formula is C19H22N5O4+. The third-order valence-electron chi connectivity index (χ3n) is 5.20. The fraction of sp³-hybridized carbons (Fsp3) is 0.421. The van der Waals surface area contributed by atoms with Crippen LogP contribution in [-0.4, -0.2) is 83.7 Å². The number of carbonyl (C=O) groups excluding carboxylic acids is 3. The van der Waals surface area contributed by atoms with Crippen molar-refractivity contribution in [2.75, 3.05) is 38.7 Å². The lowest BCUT2D eigenvalue weighted by molar-refractivity contribution is -0.525. The van der Waals surface area contributed by atoms with Gasteiger partial charge in [-0.2, -0.15) is 0 Å². The van der Waals surface area contributed by atoms with Crippen LogP contribution in [0.3, 0.4) is 0 Å². The van der Waals surface area contributed by atoms with E-state index < -0.39 is 18.0 Å². The topological polar surface area (TPSA) is 85.5 Å². The van der Waals surface area contributed by atoms with Crippen molar-refractivity contribution in [1.82, 2.24) is 9.80 Å².